The average Bonchev–Trinajstić information content (AvgIpc) is 2.61. The molecule has 0 aliphatic carbocycles. The summed E-state index contributed by atoms with van der Waals surface area (Å²) >= 11 is 0. The maximum atomic E-state index is 11.2. The van der Waals surface area contributed by atoms with Gasteiger partial charge >= 0.3 is 5.97 Å². The van der Waals surface area contributed by atoms with E-state index in [4.69, 9.17) is 4.74 Å². The van der Waals surface area contributed by atoms with E-state index in [1.54, 1.807) is 0 Å². The molecule has 0 aromatic rings. The van der Waals surface area contributed by atoms with Gasteiger partial charge in [0.2, 0.25) is 0 Å². The molecule has 4 nitrogen and oxygen atoms in total. The minimum atomic E-state index is -0.680. The highest BCUT2D eigenvalue weighted by Gasteiger charge is 2.37. The zero-order valence-electron chi connectivity index (χ0n) is 9.89. The molecule has 2 rings (SSSR count). The fourth-order valence-electron chi connectivity index (χ4n) is 2.84. The Kier molecular flexibility index (Phi) is 3.82. The van der Waals surface area contributed by atoms with E-state index in [0.717, 1.165) is 39.0 Å². The van der Waals surface area contributed by atoms with E-state index in [0.29, 0.717) is 0 Å². The number of likely N-dealkylation sites (tertiary alicyclic amines) is 1. The van der Waals surface area contributed by atoms with Crippen LogP contribution in [0.3, 0.4) is 0 Å². The molecule has 3 atom stereocenters. The fraction of sp³-hybridized carbons (Fsp3) is 0.917. The van der Waals surface area contributed by atoms with E-state index in [9.17, 15) is 9.90 Å². The van der Waals surface area contributed by atoms with E-state index in [-0.39, 0.29) is 18.1 Å². The highest BCUT2D eigenvalue weighted by atomic mass is 16.5. The van der Waals surface area contributed by atoms with Gasteiger partial charge in [0.25, 0.3) is 0 Å². The predicted octanol–water partition coefficient (Wildman–Crippen LogP) is 1.35. The molecule has 0 radical (unpaired) electrons. The summed E-state index contributed by atoms with van der Waals surface area (Å²) in [5.41, 5.74) is 0. The molecule has 0 aromatic heterocycles. The van der Waals surface area contributed by atoms with Crippen LogP contribution in [-0.2, 0) is 9.53 Å². The number of rotatable bonds is 3. The van der Waals surface area contributed by atoms with E-state index in [2.05, 4.69) is 4.90 Å². The lowest BCUT2D eigenvalue weighted by Crippen LogP contribution is -2.44. The minimum Gasteiger partial charge on any atom is -0.480 e. The summed E-state index contributed by atoms with van der Waals surface area (Å²) in [5.74, 6) is -0.415. The molecule has 0 amide bonds. The van der Waals surface area contributed by atoms with Gasteiger partial charge in [-0.1, -0.05) is 6.92 Å². The van der Waals surface area contributed by atoms with Gasteiger partial charge in [-0.3, -0.25) is 9.69 Å². The standard InChI is InChI=1S/C12H21NO3/c1-9-5-6-13(11(9)12(14)15)8-10-4-2-3-7-16-10/h9-11H,2-8H2,1H3,(H,14,15). The third-order valence-corrected chi connectivity index (χ3v) is 3.77. The summed E-state index contributed by atoms with van der Waals surface area (Å²) in [4.78, 5) is 13.3. The van der Waals surface area contributed by atoms with Crippen LogP contribution in [0.1, 0.15) is 32.6 Å². The normalized spacial score (nSPS) is 36.4. The SMILES string of the molecule is CC1CCN(CC2CCCCO2)C1C(=O)O. The van der Waals surface area contributed by atoms with Crippen molar-refractivity contribution in [3.05, 3.63) is 0 Å². The molecule has 16 heavy (non-hydrogen) atoms. The van der Waals surface area contributed by atoms with Gasteiger partial charge in [0.05, 0.1) is 6.10 Å². The molecule has 1 N–H and O–H groups in total. The molecule has 0 saturated carbocycles. The minimum absolute atomic E-state index is 0.251. The first kappa shape index (κ1) is 11.9. The topological polar surface area (TPSA) is 49.8 Å². The maximum absolute atomic E-state index is 11.2. The van der Waals surface area contributed by atoms with Crippen molar-refractivity contribution in [1.82, 2.24) is 4.90 Å². The van der Waals surface area contributed by atoms with E-state index >= 15 is 0 Å². The van der Waals surface area contributed by atoms with Crippen molar-refractivity contribution < 1.29 is 14.6 Å². The molecule has 2 saturated heterocycles. The average molecular weight is 227 g/mol. The first-order valence-electron chi connectivity index (χ1n) is 6.27. The second-order valence-electron chi connectivity index (χ2n) is 5.03. The number of carboxylic acids is 1. The fourth-order valence-corrected chi connectivity index (χ4v) is 2.84. The summed E-state index contributed by atoms with van der Waals surface area (Å²) in [6, 6.07) is -0.300. The number of ether oxygens (including phenoxy) is 1. The zero-order valence-corrected chi connectivity index (χ0v) is 9.89. The third-order valence-electron chi connectivity index (χ3n) is 3.77. The van der Waals surface area contributed by atoms with Crippen molar-refractivity contribution in [2.45, 2.75) is 44.8 Å². The lowest BCUT2D eigenvalue weighted by molar-refractivity contribution is -0.144. The number of carbonyl (C=O) groups is 1. The number of nitrogens with zero attached hydrogens (tertiary/aromatic N) is 1. The zero-order chi connectivity index (χ0) is 11.5. The monoisotopic (exact) mass is 227 g/mol. The second-order valence-corrected chi connectivity index (χ2v) is 5.03. The summed E-state index contributed by atoms with van der Waals surface area (Å²) in [6.45, 7) is 4.56. The van der Waals surface area contributed by atoms with Gasteiger partial charge in [0, 0.05) is 13.2 Å². The summed E-state index contributed by atoms with van der Waals surface area (Å²) in [6.07, 6.45) is 4.68. The van der Waals surface area contributed by atoms with Crippen molar-refractivity contribution in [3.63, 3.8) is 0 Å². The van der Waals surface area contributed by atoms with Gasteiger partial charge in [-0.2, -0.15) is 0 Å². The van der Waals surface area contributed by atoms with Crippen LogP contribution in [-0.4, -0.2) is 47.8 Å². The highest BCUT2D eigenvalue weighted by Crippen LogP contribution is 2.26. The predicted molar refractivity (Wildman–Crippen MR) is 60.4 cm³/mol. The molecule has 2 aliphatic rings. The molecular weight excluding hydrogens is 206 g/mol. The molecule has 92 valence electrons. The molecule has 3 unspecified atom stereocenters. The van der Waals surface area contributed by atoms with Gasteiger partial charge in [-0.25, -0.2) is 0 Å². The van der Waals surface area contributed by atoms with Gasteiger partial charge in [-0.05, 0) is 38.1 Å². The number of carboxylic acid groups (broad SMARTS) is 1. The van der Waals surface area contributed by atoms with E-state index in [1.165, 1.54) is 6.42 Å². The Bertz CT molecular complexity index is 251. The quantitative estimate of drug-likeness (QED) is 0.790. The largest absolute Gasteiger partial charge is 0.480 e. The van der Waals surface area contributed by atoms with Crippen molar-refractivity contribution in [2.24, 2.45) is 5.92 Å². The third kappa shape index (κ3) is 2.55. The Balaban J connectivity index is 1.90. The summed E-state index contributed by atoms with van der Waals surface area (Å²) in [7, 11) is 0. The van der Waals surface area contributed by atoms with Crippen LogP contribution in [0.15, 0.2) is 0 Å². The second kappa shape index (κ2) is 5.15. The van der Waals surface area contributed by atoms with Crippen molar-refractivity contribution in [1.29, 1.82) is 0 Å². The van der Waals surface area contributed by atoms with E-state index < -0.39 is 5.97 Å². The van der Waals surface area contributed by atoms with Gasteiger partial charge < -0.3 is 9.84 Å². The molecule has 2 aliphatic heterocycles. The molecule has 0 aromatic carbocycles. The Labute approximate surface area is 96.6 Å². The van der Waals surface area contributed by atoms with Crippen LogP contribution in [0.4, 0.5) is 0 Å². The molecule has 2 heterocycles. The van der Waals surface area contributed by atoms with E-state index in [1.807, 2.05) is 6.92 Å². The van der Waals surface area contributed by atoms with Crippen LogP contribution in [0, 0.1) is 5.92 Å². The summed E-state index contributed by atoms with van der Waals surface area (Å²) in [5, 5.41) is 9.20. The van der Waals surface area contributed by atoms with Gasteiger partial charge in [0.1, 0.15) is 6.04 Å². The smallest absolute Gasteiger partial charge is 0.321 e. The van der Waals surface area contributed by atoms with Crippen LogP contribution < -0.4 is 0 Å². The first-order chi connectivity index (χ1) is 7.68. The molecule has 4 heteroatoms. The molecule has 0 spiro atoms. The highest BCUT2D eigenvalue weighted by molar-refractivity contribution is 5.74. The van der Waals surface area contributed by atoms with Gasteiger partial charge in [-0.15, -0.1) is 0 Å². The van der Waals surface area contributed by atoms with Gasteiger partial charge in [0.15, 0.2) is 0 Å². The van der Waals surface area contributed by atoms with Crippen molar-refractivity contribution in [3.8, 4) is 0 Å². The summed E-state index contributed by atoms with van der Waals surface area (Å²) < 4.78 is 5.67. The maximum Gasteiger partial charge on any atom is 0.321 e. The number of hydrogen-bond acceptors (Lipinski definition) is 3. The molecule has 2 fully saturated rings. The first-order valence-corrected chi connectivity index (χ1v) is 6.27. The van der Waals surface area contributed by atoms with Crippen LogP contribution in [0.25, 0.3) is 0 Å². The Hall–Kier alpha value is -0.610. The molecular formula is C12H21NO3. The van der Waals surface area contributed by atoms with Crippen LogP contribution in [0.2, 0.25) is 0 Å². The lowest BCUT2D eigenvalue weighted by Gasteiger charge is -2.30. The Morgan fingerprint density at radius 1 is 1.44 bits per heavy atom. The molecule has 0 bridgehead atoms. The van der Waals surface area contributed by atoms with Crippen LogP contribution in [0.5, 0.6) is 0 Å². The van der Waals surface area contributed by atoms with Crippen molar-refractivity contribution >= 4 is 5.97 Å². The van der Waals surface area contributed by atoms with Crippen molar-refractivity contribution in [2.75, 3.05) is 19.7 Å². The Morgan fingerprint density at radius 3 is 2.88 bits per heavy atom. The number of aliphatic carboxylic acids is 1. The van der Waals surface area contributed by atoms with Crippen LogP contribution >= 0.6 is 0 Å². The Morgan fingerprint density at radius 2 is 2.25 bits per heavy atom. The lowest BCUT2D eigenvalue weighted by atomic mass is 10.0. The number of hydrogen-bond donors (Lipinski definition) is 1.